The monoisotopic (exact) mass is 472 g/mol. The number of hydrogen-bond acceptors (Lipinski definition) is 2. The van der Waals surface area contributed by atoms with E-state index in [4.69, 9.17) is 23.2 Å². The van der Waals surface area contributed by atoms with Crippen LogP contribution in [0.4, 0.5) is 0 Å². The molecule has 1 N–H and O–H groups in total. The summed E-state index contributed by atoms with van der Waals surface area (Å²) < 4.78 is 0. The van der Waals surface area contributed by atoms with Crippen LogP contribution in [0.15, 0.2) is 35.9 Å². The first kappa shape index (κ1) is 22.7. The number of ketones is 1. The van der Waals surface area contributed by atoms with E-state index in [1.807, 2.05) is 18.2 Å². The molecule has 32 heavy (non-hydrogen) atoms. The fraction of sp³-hybridized carbons (Fsp3) is 0.607. The second-order valence-electron chi connectivity index (χ2n) is 11.2. The van der Waals surface area contributed by atoms with Gasteiger partial charge in [-0.25, -0.2) is 0 Å². The predicted molar refractivity (Wildman–Crippen MR) is 132 cm³/mol. The van der Waals surface area contributed by atoms with Gasteiger partial charge in [0.05, 0.1) is 16.1 Å². The standard InChI is InChI=1S/C28H34Cl2O2/c1-27-13-11-19(31)16-18(27)5-6-20-21-7-8-23(28(21,2)14-12-22(20)27)26(32)10-4-17-3-9-24(29)25(30)15-17/h3-5,9-10,15,19-23,31H,6-8,11-14,16H2,1-2H3/b10-4+/t19-,20-,21-,22-,23+,27-,28-/m0/s1. The SMILES string of the molecule is C[C@]12CC[C@H]3[C@@H](CC=C4C[C@@H](O)CC[C@@]43C)[C@@H]1CC[C@@H]2C(=O)/C=C/c1ccc(Cl)c(Cl)c1. The summed E-state index contributed by atoms with van der Waals surface area (Å²) in [4.78, 5) is 13.3. The molecular formula is C28H34Cl2O2. The number of fused-ring (bicyclic) bond motifs is 5. The van der Waals surface area contributed by atoms with Crippen molar-refractivity contribution in [3.8, 4) is 0 Å². The maximum Gasteiger partial charge on any atom is 0.159 e. The average molecular weight is 473 g/mol. The van der Waals surface area contributed by atoms with Crippen LogP contribution in [-0.4, -0.2) is 17.0 Å². The summed E-state index contributed by atoms with van der Waals surface area (Å²) in [5.41, 5.74) is 2.76. The predicted octanol–water partition coefficient (Wildman–Crippen LogP) is 7.52. The van der Waals surface area contributed by atoms with Gasteiger partial charge in [0.25, 0.3) is 0 Å². The maximum absolute atomic E-state index is 13.3. The quantitative estimate of drug-likeness (QED) is 0.364. The molecule has 5 rings (SSSR count). The highest BCUT2D eigenvalue weighted by atomic mass is 35.5. The summed E-state index contributed by atoms with van der Waals surface area (Å²) in [6.45, 7) is 4.85. The van der Waals surface area contributed by atoms with Gasteiger partial charge in [-0.1, -0.05) is 60.8 Å². The number of aliphatic hydroxyl groups excluding tert-OH is 1. The first-order valence-electron chi connectivity index (χ1n) is 12.3. The summed E-state index contributed by atoms with van der Waals surface area (Å²) in [5, 5.41) is 11.3. The van der Waals surface area contributed by atoms with Gasteiger partial charge in [0.1, 0.15) is 0 Å². The first-order valence-corrected chi connectivity index (χ1v) is 13.0. The van der Waals surface area contributed by atoms with E-state index in [2.05, 4.69) is 19.9 Å². The number of halogens is 2. The van der Waals surface area contributed by atoms with Crippen LogP contribution in [0.1, 0.15) is 70.8 Å². The van der Waals surface area contributed by atoms with Crippen LogP contribution < -0.4 is 0 Å². The van der Waals surface area contributed by atoms with Gasteiger partial charge in [-0.2, -0.15) is 0 Å². The molecule has 0 aliphatic heterocycles. The zero-order chi connectivity index (χ0) is 22.7. The highest BCUT2D eigenvalue weighted by Crippen LogP contribution is 2.66. The van der Waals surface area contributed by atoms with Gasteiger partial charge < -0.3 is 5.11 Å². The molecule has 3 fully saturated rings. The molecule has 0 heterocycles. The minimum Gasteiger partial charge on any atom is -0.393 e. The fourth-order valence-electron chi connectivity index (χ4n) is 8.02. The summed E-state index contributed by atoms with van der Waals surface area (Å²) in [6, 6.07) is 5.49. The largest absolute Gasteiger partial charge is 0.393 e. The third-order valence-electron chi connectivity index (χ3n) is 9.81. The average Bonchev–Trinajstić information content (AvgIpc) is 3.12. The Balaban J connectivity index is 1.35. The molecule has 0 saturated heterocycles. The third kappa shape index (κ3) is 3.62. The highest BCUT2D eigenvalue weighted by molar-refractivity contribution is 6.42. The molecule has 4 aliphatic rings. The van der Waals surface area contributed by atoms with Gasteiger partial charge in [0.15, 0.2) is 5.78 Å². The number of carbonyl (C=O) groups is 1. The number of carbonyl (C=O) groups excluding carboxylic acids is 1. The Bertz CT molecular complexity index is 982. The molecule has 2 nitrogen and oxygen atoms in total. The van der Waals surface area contributed by atoms with Gasteiger partial charge in [-0.05, 0) is 104 Å². The second kappa shape index (κ2) is 8.29. The maximum atomic E-state index is 13.3. The third-order valence-corrected chi connectivity index (χ3v) is 10.5. The molecule has 0 bridgehead atoms. The van der Waals surface area contributed by atoms with E-state index in [-0.39, 0.29) is 28.6 Å². The summed E-state index contributed by atoms with van der Waals surface area (Å²) in [5.74, 6) is 2.37. The van der Waals surface area contributed by atoms with Crippen molar-refractivity contribution in [3.63, 3.8) is 0 Å². The second-order valence-corrected chi connectivity index (χ2v) is 12.1. The lowest BCUT2D eigenvalue weighted by atomic mass is 9.47. The van der Waals surface area contributed by atoms with Crippen LogP contribution in [0, 0.1) is 34.5 Å². The van der Waals surface area contributed by atoms with Crippen molar-refractivity contribution in [1.82, 2.24) is 0 Å². The van der Waals surface area contributed by atoms with E-state index in [9.17, 15) is 9.90 Å². The van der Waals surface area contributed by atoms with Crippen LogP contribution in [0.2, 0.25) is 10.0 Å². The molecule has 3 saturated carbocycles. The molecule has 0 unspecified atom stereocenters. The van der Waals surface area contributed by atoms with Crippen molar-refractivity contribution in [3.05, 3.63) is 51.5 Å². The molecule has 7 atom stereocenters. The van der Waals surface area contributed by atoms with Gasteiger partial charge in [0.2, 0.25) is 0 Å². The van der Waals surface area contributed by atoms with Crippen LogP contribution in [-0.2, 0) is 4.79 Å². The highest BCUT2D eigenvalue weighted by Gasteiger charge is 2.59. The molecule has 0 aromatic heterocycles. The Labute approximate surface area is 202 Å². The molecular weight excluding hydrogens is 439 g/mol. The van der Waals surface area contributed by atoms with E-state index >= 15 is 0 Å². The van der Waals surface area contributed by atoms with Crippen molar-refractivity contribution in [2.24, 2.45) is 34.5 Å². The number of benzene rings is 1. The topological polar surface area (TPSA) is 37.3 Å². The van der Waals surface area contributed by atoms with Gasteiger partial charge >= 0.3 is 0 Å². The number of hydrogen-bond donors (Lipinski definition) is 1. The molecule has 4 aliphatic carbocycles. The van der Waals surface area contributed by atoms with E-state index < -0.39 is 0 Å². The number of rotatable bonds is 3. The van der Waals surface area contributed by atoms with E-state index in [0.29, 0.717) is 27.8 Å². The van der Waals surface area contributed by atoms with Crippen molar-refractivity contribution >= 4 is 35.1 Å². The molecule has 1 aromatic rings. The fourth-order valence-corrected chi connectivity index (χ4v) is 8.33. The molecule has 4 heteroatoms. The minimum absolute atomic E-state index is 0.0934. The molecule has 0 radical (unpaired) electrons. The zero-order valence-corrected chi connectivity index (χ0v) is 20.6. The molecule has 1 aromatic carbocycles. The van der Waals surface area contributed by atoms with E-state index in [0.717, 1.165) is 50.5 Å². The van der Waals surface area contributed by atoms with Gasteiger partial charge in [0, 0.05) is 5.92 Å². The molecule has 0 amide bonds. The minimum atomic E-state index is -0.157. The number of aliphatic hydroxyl groups is 1. The lowest BCUT2D eigenvalue weighted by molar-refractivity contribution is -0.124. The van der Waals surface area contributed by atoms with Crippen molar-refractivity contribution in [2.45, 2.75) is 71.3 Å². The Kier molecular flexibility index (Phi) is 5.88. The van der Waals surface area contributed by atoms with Gasteiger partial charge in [-0.3, -0.25) is 4.79 Å². The van der Waals surface area contributed by atoms with Crippen LogP contribution in [0.5, 0.6) is 0 Å². The Hall–Kier alpha value is -1.09. The van der Waals surface area contributed by atoms with Crippen molar-refractivity contribution in [2.75, 3.05) is 0 Å². The summed E-state index contributed by atoms with van der Waals surface area (Å²) in [6.07, 6.45) is 14.5. The molecule has 0 spiro atoms. The Morgan fingerprint density at radius 2 is 1.88 bits per heavy atom. The van der Waals surface area contributed by atoms with E-state index in [1.54, 1.807) is 12.1 Å². The lowest BCUT2D eigenvalue weighted by Gasteiger charge is -2.57. The van der Waals surface area contributed by atoms with Crippen molar-refractivity contribution in [1.29, 1.82) is 0 Å². The van der Waals surface area contributed by atoms with Gasteiger partial charge in [-0.15, -0.1) is 0 Å². The normalized spacial score (nSPS) is 41.0. The molecule has 172 valence electrons. The van der Waals surface area contributed by atoms with Crippen LogP contribution in [0.3, 0.4) is 0 Å². The van der Waals surface area contributed by atoms with E-state index in [1.165, 1.54) is 12.0 Å². The summed E-state index contributed by atoms with van der Waals surface area (Å²) >= 11 is 12.2. The number of allylic oxidation sites excluding steroid dienone is 2. The summed E-state index contributed by atoms with van der Waals surface area (Å²) in [7, 11) is 0. The Morgan fingerprint density at radius 1 is 1.06 bits per heavy atom. The van der Waals surface area contributed by atoms with Crippen molar-refractivity contribution < 1.29 is 9.90 Å². The lowest BCUT2D eigenvalue weighted by Crippen LogP contribution is -2.50. The Morgan fingerprint density at radius 3 is 2.66 bits per heavy atom. The zero-order valence-electron chi connectivity index (χ0n) is 19.1. The smallest absolute Gasteiger partial charge is 0.159 e. The van der Waals surface area contributed by atoms with Crippen LogP contribution >= 0.6 is 23.2 Å². The van der Waals surface area contributed by atoms with Crippen LogP contribution in [0.25, 0.3) is 6.08 Å². The first-order chi connectivity index (χ1) is 15.2.